The van der Waals surface area contributed by atoms with Gasteiger partial charge in [-0.1, -0.05) is 60.5 Å². The number of sulfone groups is 1. The van der Waals surface area contributed by atoms with Gasteiger partial charge in [-0.3, -0.25) is 9.59 Å². The van der Waals surface area contributed by atoms with Crippen LogP contribution in [0.15, 0.2) is 59.9 Å². The normalized spacial score (nSPS) is 11.1. The molecule has 0 radical (unpaired) electrons. The molecule has 0 spiro atoms. The van der Waals surface area contributed by atoms with E-state index < -0.39 is 26.7 Å². The number of halogens is 2. The Morgan fingerprint density at radius 3 is 2.38 bits per heavy atom. The predicted octanol–water partition coefficient (Wildman–Crippen LogP) is 4.08. The van der Waals surface area contributed by atoms with Gasteiger partial charge in [0.15, 0.2) is 5.69 Å². The molecule has 1 aromatic heterocycles. The van der Waals surface area contributed by atoms with Gasteiger partial charge in [0.1, 0.15) is 0 Å². The van der Waals surface area contributed by atoms with Crippen LogP contribution in [-0.2, 0) is 26.8 Å². The second kappa shape index (κ2) is 11.4. The fourth-order valence-electron chi connectivity index (χ4n) is 2.97. The number of carbonyl (C=O) groups is 2. The van der Waals surface area contributed by atoms with Crippen LogP contribution in [0.1, 0.15) is 35.0 Å². The Bertz CT molecular complexity index is 1300. The van der Waals surface area contributed by atoms with Gasteiger partial charge in [0.2, 0.25) is 20.9 Å². The van der Waals surface area contributed by atoms with Gasteiger partial charge in [-0.15, -0.1) is 0 Å². The van der Waals surface area contributed by atoms with Crippen molar-refractivity contribution >= 4 is 50.5 Å². The molecule has 0 aliphatic carbocycles. The van der Waals surface area contributed by atoms with Gasteiger partial charge in [0.25, 0.3) is 5.91 Å². The van der Waals surface area contributed by atoms with Crippen LogP contribution in [0.25, 0.3) is 0 Å². The van der Waals surface area contributed by atoms with E-state index in [1.807, 2.05) is 19.1 Å². The summed E-state index contributed by atoms with van der Waals surface area (Å²) in [6, 6.07) is 14.0. The van der Waals surface area contributed by atoms with Crippen LogP contribution in [-0.4, -0.2) is 36.7 Å². The van der Waals surface area contributed by atoms with Crippen molar-refractivity contribution in [3.8, 4) is 0 Å². The minimum absolute atomic E-state index is 0.000249. The lowest BCUT2D eigenvalue weighted by Crippen LogP contribution is -2.29. The van der Waals surface area contributed by atoms with E-state index in [4.69, 9.17) is 23.2 Å². The van der Waals surface area contributed by atoms with Crippen LogP contribution in [0, 0.1) is 0 Å². The molecule has 0 unspecified atom stereocenters. The fraction of sp³-hybridized carbons (Fsp3) is 0.217. The van der Waals surface area contributed by atoms with Crippen LogP contribution in [0.4, 0.5) is 5.69 Å². The van der Waals surface area contributed by atoms with Gasteiger partial charge in [-0.05, 0) is 35.7 Å². The third-order valence-electron chi connectivity index (χ3n) is 4.80. The van der Waals surface area contributed by atoms with Gasteiger partial charge in [-0.25, -0.2) is 18.4 Å². The average molecular weight is 521 g/mol. The Labute approximate surface area is 207 Å². The number of anilines is 1. The van der Waals surface area contributed by atoms with E-state index in [0.717, 1.165) is 18.2 Å². The summed E-state index contributed by atoms with van der Waals surface area (Å²) in [6.45, 7) is 2.04. The molecule has 0 aliphatic heterocycles. The number of rotatable bonds is 9. The van der Waals surface area contributed by atoms with Crippen molar-refractivity contribution in [3.05, 3.63) is 81.6 Å². The monoisotopic (exact) mass is 520 g/mol. The van der Waals surface area contributed by atoms with E-state index in [2.05, 4.69) is 20.6 Å². The Kier molecular flexibility index (Phi) is 8.60. The molecule has 34 heavy (non-hydrogen) atoms. The summed E-state index contributed by atoms with van der Waals surface area (Å²) in [6.07, 6.45) is 1.95. The van der Waals surface area contributed by atoms with Gasteiger partial charge in [0.05, 0.1) is 17.0 Å². The van der Waals surface area contributed by atoms with Crippen LogP contribution in [0.5, 0.6) is 0 Å². The number of hydrogen-bond acceptors (Lipinski definition) is 6. The zero-order valence-electron chi connectivity index (χ0n) is 18.2. The first-order chi connectivity index (χ1) is 16.2. The van der Waals surface area contributed by atoms with Crippen LogP contribution < -0.4 is 10.6 Å². The quantitative estimate of drug-likeness (QED) is 0.410. The summed E-state index contributed by atoms with van der Waals surface area (Å²) in [7, 11) is -3.99. The molecule has 3 rings (SSSR count). The van der Waals surface area contributed by atoms with Crippen molar-refractivity contribution in [1.82, 2.24) is 15.3 Å². The second-order valence-electron chi connectivity index (χ2n) is 7.30. The van der Waals surface area contributed by atoms with Gasteiger partial charge >= 0.3 is 0 Å². The number of nitrogens with one attached hydrogen (secondary N) is 2. The van der Waals surface area contributed by atoms with Crippen molar-refractivity contribution in [2.24, 2.45) is 0 Å². The van der Waals surface area contributed by atoms with Crippen LogP contribution >= 0.6 is 23.2 Å². The summed E-state index contributed by atoms with van der Waals surface area (Å²) in [5.74, 6) is -1.45. The van der Waals surface area contributed by atoms with Gasteiger partial charge < -0.3 is 10.6 Å². The molecule has 3 aromatic rings. The summed E-state index contributed by atoms with van der Waals surface area (Å²) >= 11 is 12.1. The van der Waals surface area contributed by atoms with Gasteiger partial charge in [-0.2, -0.15) is 0 Å². The summed E-state index contributed by atoms with van der Waals surface area (Å²) in [5, 5.41) is 4.89. The molecule has 11 heteroatoms. The van der Waals surface area contributed by atoms with Crippen molar-refractivity contribution in [3.63, 3.8) is 0 Å². The molecule has 0 atom stereocenters. The molecule has 178 valence electrons. The third kappa shape index (κ3) is 6.75. The standard InChI is InChI=1S/C23H22Cl2N4O4S/c1-2-15-7-9-17(10-8-15)28-20(30)11-12-26-22(31)21-19(25)13-27-23(29-21)34(32,33)14-16-5-3-4-6-18(16)24/h3-10,13H,2,11-12,14H2,1H3,(H,26,31)(H,28,30). The number of aromatic nitrogens is 2. The third-order valence-corrected chi connectivity index (χ3v) is 6.89. The maximum Gasteiger partial charge on any atom is 0.271 e. The van der Waals surface area contributed by atoms with E-state index >= 15 is 0 Å². The minimum Gasteiger partial charge on any atom is -0.350 e. The highest BCUT2D eigenvalue weighted by Gasteiger charge is 2.24. The Hall–Kier alpha value is -3.01. The highest BCUT2D eigenvalue weighted by atomic mass is 35.5. The highest BCUT2D eigenvalue weighted by molar-refractivity contribution is 7.90. The molecule has 0 saturated carbocycles. The molecule has 2 amide bonds. The Morgan fingerprint density at radius 1 is 1.00 bits per heavy atom. The molecule has 1 heterocycles. The molecule has 0 fully saturated rings. The maximum atomic E-state index is 12.7. The summed E-state index contributed by atoms with van der Waals surface area (Å²) in [5.41, 5.74) is 1.88. The van der Waals surface area contributed by atoms with Crippen LogP contribution in [0.3, 0.4) is 0 Å². The fourth-order valence-corrected chi connectivity index (χ4v) is 4.66. The predicted molar refractivity (Wildman–Crippen MR) is 131 cm³/mol. The molecular weight excluding hydrogens is 499 g/mol. The van der Waals surface area contributed by atoms with E-state index in [1.165, 1.54) is 0 Å². The lowest BCUT2D eigenvalue weighted by atomic mass is 10.1. The molecule has 0 bridgehead atoms. The largest absolute Gasteiger partial charge is 0.350 e. The average Bonchev–Trinajstić information content (AvgIpc) is 2.81. The molecular formula is C23H22Cl2N4O4S. The molecule has 8 nitrogen and oxygen atoms in total. The van der Waals surface area contributed by atoms with Crippen molar-refractivity contribution in [1.29, 1.82) is 0 Å². The van der Waals surface area contributed by atoms with Crippen LogP contribution in [0.2, 0.25) is 10.0 Å². The number of benzene rings is 2. The Morgan fingerprint density at radius 2 is 1.71 bits per heavy atom. The first-order valence-corrected chi connectivity index (χ1v) is 12.8. The number of nitrogens with zero attached hydrogens (tertiary/aromatic N) is 2. The molecule has 2 N–H and O–H groups in total. The highest BCUT2D eigenvalue weighted by Crippen LogP contribution is 2.22. The zero-order chi connectivity index (χ0) is 24.7. The lowest BCUT2D eigenvalue weighted by Gasteiger charge is -2.09. The number of carbonyl (C=O) groups excluding carboxylic acids is 2. The first kappa shape index (κ1) is 25.6. The zero-order valence-corrected chi connectivity index (χ0v) is 20.5. The van der Waals surface area contributed by atoms with Crippen molar-refractivity contribution < 1.29 is 18.0 Å². The molecule has 0 aliphatic rings. The SMILES string of the molecule is CCc1ccc(NC(=O)CCNC(=O)c2nc(S(=O)(=O)Cc3ccccc3Cl)ncc2Cl)cc1. The van der Waals surface area contributed by atoms with Crippen molar-refractivity contribution in [2.75, 3.05) is 11.9 Å². The van der Waals surface area contributed by atoms with Crippen molar-refractivity contribution in [2.45, 2.75) is 30.7 Å². The lowest BCUT2D eigenvalue weighted by molar-refractivity contribution is -0.116. The van der Waals surface area contributed by atoms with E-state index in [0.29, 0.717) is 11.3 Å². The number of aryl methyl sites for hydroxylation is 1. The minimum atomic E-state index is -3.99. The van der Waals surface area contributed by atoms with Gasteiger partial charge in [0, 0.05) is 23.7 Å². The van der Waals surface area contributed by atoms with E-state index in [1.54, 1.807) is 36.4 Å². The second-order valence-corrected chi connectivity index (χ2v) is 10.0. The Balaban J connectivity index is 1.61. The smallest absolute Gasteiger partial charge is 0.271 e. The molecule has 2 aromatic carbocycles. The van der Waals surface area contributed by atoms with E-state index in [-0.39, 0.29) is 34.6 Å². The number of hydrogen-bond donors (Lipinski definition) is 2. The molecule has 0 saturated heterocycles. The summed E-state index contributed by atoms with van der Waals surface area (Å²) < 4.78 is 25.5. The summed E-state index contributed by atoms with van der Waals surface area (Å²) in [4.78, 5) is 32.3. The first-order valence-electron chi connectivity index (χ1n) is 10.4. The topological polar surface area (TPSA) is 118 Å². The van der Waals surface area contributed by atoms with E-state index in [9.17, 15) is 18.0 Å². The maximum absolute atomic E-state index is 12.7. The number of amides is 2.